The summed E-state index contributed by atoms with van der Waals surface area (Å²) in [7, 11) is 1.65. The number of ether oxygens (including phenoxy) is 1. The molecule has 1 amide bonds. The number of thiocarbonyl (C=S) groups is 1. The van der Waals surface area contributed by atoms with Gasteiger partial charge in [-0.15, -0.1) is 0 Å². The Morgan fingerprint density at radius 2 is 2.00 bits per heavy atom. The third kappa shape index (κ3) is 3.10. The number of amides is 1. The molecule has 0 spiro atoms. The van der Waals surface area contributed by atoms with Gasteiger partial charge in [-0.05, 0) is 42.3 Å². The van der Waals surface area contributed by atoms with Crippen molar-refractivity contribution in [2.75, 3.05) is 13.7 Å². The molecule has 1 aliphatic heterocycles. The van der Waals surface area contributed by atoms with E-state index in [0.29, 0.717) is 11.7 Å². The van der Waals surface area contributed by atoms with Crippen LogP contribution in [0.25, 0.3) is 0 Å². The maximum absolute atomic E-state index is 12.2. The first-order valence-corrected chi connectivity index (χ1v) is 7.18. The lowest BCUT2D eigenvalue weighted by molar-refractivity contribution is -0.127. The summed E-state index contributed by atoms with van der Waals surface area (Å²) in [6.45, 7) is 4.65. The zero-order valence-corrected chi connectivity index (χ0v) is 12.9. The molecule has 1 saturated heterocycles. The Kier molecular flexibility index (Phi) is 4.60. The molecule has 1 heterocycles. The lowest BCUT2D eigenvalue weighted by atomic mass is 10.0. The van der Waals surface area contributed by atoms with Gasteiger partial charge in [0.15, 0.2) is 5.11 Å². The van der Waals surface area contributed by atoms with Crippen LogP contribution in [0.5, 0.6) is 5.75 Å². The van der Waals surface area contributed by atoms with E-state index in [9.17, 15) is 4.79 Å². The van der Waals surface area contributed by atoms with Crippen LogP contribution >= 0.6 is 12.2 Å². The van der Waals surface area contributed by atoms with Crippen LogP contribution in [0.2, 0.25) is 0 Å². The Morgan fingerprint density at radius 3 is 2.50 bits per heavy atom. The van der Waals surface area contributed by atoms with Crippen molar-refractivity contribution < 1.29 is 9.53 Å². The summed E-state index contributed by atoms with van der Waals surface area (Å²) in [4.78, 5) is 13.9. The molecule has 0 aromatic heterocycles. The standard InChI is InChI=1S/C15H20N2O2S/c1-10(2)13-14(18)17(15(20)16-13)9-8-11-4-6-12(19-3)7-5-11/h4-7,10,13H,8-9H2,1-3H3,(H,16,20)/t13-/m0/s1. The molecule has 0 unspecified atom stereocenters. The van der Waals surface area contributed by atoms with E-state index in [-0.39, 0.29) is 17.9 Å². The monoisotopic (exact) mass is 292 g/mol. The molecular weight excluding hydrogens is 272 g/mol. The Bertz CT molecular complexity index is 499. The van der Waals surface area contributed by atoms with Crippen LogP contribution in [-0.2, 0) is 11.2 Å². The van der Waals surface area contributed by atoms with Crippen LogP contribution < -0.4 is 10.1 Å². The molecule has 0 radical (unpaired) electrons. The van der Waals surface area contributed by atoms with Gasteiger partial charge in [0.1, 0.15) is 11.8 Å². The van der Waals surface area contributed by atoms with Gasteiger partial charge in [0.05, 0.1) is 7.11 Å². The Morgan fingerprint density at radius 1 is 1.35 bits per heavy atom. The van der Waals surface area contributed by atoms with Crippen molar-refractivity contribution in [3.63, 3.8) is 0 Å². The second-order valence-corrected chi connectivity index (χ2v) is 5.65. The van der Waals surface area contributed by atoms with Crippen molar-refractivity contribution in [3.05, 3.63) is 29.8 Å². The van der Waals surface area contributed by atoms with E-state index in [1.165, 1.54) is 0 Å². The van der Waals surface area contributed by atoms with Crippen molar-refractivity contribution in [1.82, 2.24) is 10.2 Å². The number of carbonyl (C=O) groups is 1. The molecule has 4 nitrogen and oxygen atoms in total. The number of hydrogen-bond donors (Lipinski definition) is 1. The number of carbonyl (C=O) groups excluding carboxylic acids is 1. The summed E-state index contributed by atoms with van der Waals surface area (Å²) in [5, 5.41) is 3.64. The maximum Gasteiger partial charge on any atom is 0.251 e. The van der Waals surface area contributed by atoms with Gasteiger partial charge in [-0.25, -0.2) is 0 Å². The number of benzene rings is 1. The topological polar surface area (TPSA) is 41.6 Å². The highest BCUT2D eigenvalue weighted by atomic mass is 32.1. The summed E-state index contributed by atoms with van der Waals surface area (Å²) in [6, 6.07) is 7.69. The van der Waals surface area contributed by atoms with E-state index >= 15 is 0 Å². The molecule has 0 aliphatic carbocycles. The molecule has 0 bridgehead atoms. The first-order valence-electron chi connectivity index (χ1n) is 6.77. The minimum Gasteiger partial charge on any atom is -0.497 e. The highest BCUT2D eigenvalue weighted by molar-refractivity contribution is 7.80. The molecule has 1 N–H and O–H groups in total. The molecule has 2 rings (SSSR count). The van der Waals surface area contributed by atoms with E-state index in [1.807, 2.05) is 38.1 Å². The number of nitrogens with one attached hydrogen (secondary N) is 1. The SMILES string of the molecule is COc1ccc(CCN2C(=O)[C@H](C(C)C)NC2=S)cc1. The third-order valence-corrected chi connectivity index (χ3v) is 3.84. The van der Waals surface area contributed by atoms with Crippen LogP contribution in [0, 0.1) is 5.92 Å². The van der Waals surface area contributed by atoms with Gasteiger partial charge < -0.3 is 10.1 Å². The molecule has 1 fully saturated rings. The second-order valence-electron chi connectivity index (χ2n) is 5.26. The predicted octanol–water partition coefficient (Wildman–Crippen LogP) is 1.98. The fourth-order valence-electron chi connectivity index (χ4n) is 2.24. The molecule has 108 valence electrons. The highest BCUT2D eigenvalue weighted by Crippen LogP contribution is 2.16. The fraction of sp³-hybridized carbons (Fsp3) is 0.467. The zero-order valence-electron chi connectivity index (χ0n) is 12.1. The zero-order chi connectivity index (χ0) is 14.7. The molecular formula is C15H20N2O2S. The molecule has 1 aromatic rings. The highest BCUT2D eigenvalue weighted by Gasteiger charge is 2.36. The molecule has 20 heavy (non-hydrogen) atoms. The van der Waals surface area contributed by atoms with Gasteiger partial charge in [0.2, 0.25) is 0 Å². The second kappa shape index (κ2) is 6.22. The molecule has 1 atom stereocenters. The number of hydrogen-bond acceptors (Lipinski definition) is 3. The van der Waals surface area contributed by atoms with Gasteiger partial charge in [-0.2, -0.15) is 0 Å². The van der Waals surface area contributed by atoms with Crippen molar-refractivity contribution in [2.45, 2.75) is 26.3 Å². The number of methoxy groups -OCH3 is 1. The van der Waals surface area contributed by atoms with E-state index < -0.39 is 0 Å². The van der Waals surface area contributed by atoms with Crippen LogP contribution in [0.3, 0.4) is 0 Å². The van der Waals surface area contributed by atoms with Gasteiger partial charge in [0, 0.05) is 6.54 Å². The smallest absolute Gasteiger partial charge is 0.251 e. The van der Waals surface area contributed by atoms with E-state index in [4.69, 9.17) is 17.0 Å². The fourth-order valence-corrected chi connectivity index (χ4v) is 2.55. The van der Waals surface area contributed by atoms with Crippen LogP contribution in [0.15, 0.2) is 24.3 Å². The first kappa shape index (κ1) is 14.8. The molecule has 1 aromatic carbocycles. The van der Waals surface area contributed by atoms with Gasteiger partial charge in [0.25, 0.3) is 5.91 Å². The van der Waals surface area contributed by atoms with E-state index in [0.717, 1.165) is 17.7 Å². The largest absolute Gasteiger partial charge is 0.497 e. The van der Waals surface area contributed by atoms with Gasteiger partial charge in [-0.1, -0.05) is 26.0 Å². The first-order chi connectivity index (χ1) is 9.52. The summed E-state index contributed by atoms with van der Waals surface area (Å²) in [5.41, 5.74) is 1.16. The molecule has 5 heteroatoms. The maximum atomic E-state index is 12.2. The normalized spacial score (nSPS) is 18.6. The quantitative estimate of drug-likeness (QED) is 0.843. The van der Waals surface area contributed by atoms with Crippen LogP contribution in [0.1, 0.15) is 19.4 Å². The summed E-state index contributed by atoms with van der Waals surface area (Å²) < 4.78 is 5.13. The van der Waals surface area contributed by atoms with Crippen molar-refractivity contribution in [3.8, 4) is 5.75 Å². The Labute approximate surface area is 125 Å². The molecule has 0 saturated carbocycles. The van der Waals surface area contributed by atoms with Crippen molar-refractivity contribution in [1.29, 1.82) is 0 Å². The predicted molar refractivity (Wildman–Crippen MR) is 82.8 cm³/mol. The summed E-state index contributed by atoms with van der Waals surface area (Å²) >= 11 is 5.24. The van der Waals surface area contributed by atoms with E-state index in [2.05, 4.69) is 5.32 Å². The Balaban J connectivity index is 1.96. The minimum absolute atomic E-state index is 0.0820. The molecule has 1 aliphatic rings. The Hall–Kier alpha value is -1.62. The van der Waals surface area contributed by atoms with Gasteiger partial charge in [-0.3, -0.25) is 9.69 Å². The minimum atomic E-state index is -0.182. The lowest BCUT2D eigenvalue weighted by Crippen LogP contribution is -2.35. The van der Waals surface area contributed by atoms with Gasteiger partial charge >= 0.3 is 0 Å². The van der Waals surface area contributed by atoms with Crippen LogP contribution in [0.4, 0.5) is 0 Å². The lowest BCUT2D eigenvalue weighted by Gasteiger charge is -2.15. The summed E-state index contributed by atoms with van der Waals surface area (Å²) in [5.74, 6) is 1.16. The van der Waals surface area contributed by atoms with Crippen molar-refractivity contribution in [2.24, 2.45) is 5.92 Å². The number of nitrogens with zero attached hydrogens (tertiary/aromatic N) is 1. The van der Waals surface area contributed by atoms with E-state index in [1.54, 1.807) is 12.0 Å². The van der Waals surface area contributed by atoms with Crippen LogP contribution in [-0.4, -0.2) is 35.6 Å². The average molecular weight is 292 g/mol. The number of rotatable bonds is 5. The third-order valence-electron chi connectivity index (χ3n) is 3.51. The summed E-state index contributed by atoms with van der Waals surface area (Å²) in [6.07, 6.45) is 0.780. The average Bonchev–Trinajstić information content (AvgIpc) is 2.72. The van der Waals surface area contributed by atoms with Crippen molar-refractivity contribution >= 4 is 23.2 Å².